The highest BCUT2D eigenvalue weighted by Gasteiger charge is 2.16. The Morgan fingerprint density at radius 1 is 1.15 bits per heavy atom. The zero-order chi connectivity index (χ0) is 28.5. The van der Waals surface area contributed by atoms with Gasteiger partial charge in [-0.15, -0.1) is 0 Å². The quantitative estimate of drug-likeness (QED) is 0.184. The molecule has 1 aromatic heterocycles. The first-order valence-electron chi connectivity index (χ1n) is 12.5. The fourth-order valence-corrected chi connectivity index (χ4v) is 4.13. The molecule has 8 nitrogen and oxygen atoms in total. The van der Waals surface area contributed by atoms with E-state index < -0.39 is 0 Å². The van der Waals surface area contributed by atoms with Crippen LogP contribution in [0.5, 0.6) is 11.5 Å². The number of nitriles is 1. The molecule has 4 rings (SSSR count). The van der Waals surface area contributed by atoms with Gasteiger partial charge in [0, 0.05) is 36.0 Å². The minimum atomic E-state index is -0.342. The predicted molar refractivity (Wildman–Crippen MR) is 155 cm³/mol. The van der Waals surface area contributed by atoms with Crippen LogP contribution in [0.25, 0.3) is 10.9 Å². The lowest BCUT2D eigenvalue weighted by molar-refractivity contribution is -0.111. The van der Waals surface area contributed by atoms with Crippen LogP contribution in [0.2, 0.25) is 5.02 Å². The van der Waals surface area contributed by atoms with Gasteiger partial charge in [0.05, 0.1) is 34.1 Å². The predicted octanol–water partition coefficient (Wildman–Crippen LogP) is 6.33. The first kappa shape index (κ1) is 28.4. The van der Waals surface area contributed by atoms with Gasteiger partial charge < -0.3 is 25.4 Å². The number of likely N-dealkylation sites (N-methyl/N-ethyl adjacent to an activating group) is 1. The zero-order valence-electron chi connectivity index (χ0n) is 21.9. The van der Waals surface area contributed by atoms with E-state index in [4.69, 9.17) is 21.1 Å². The molecule has 3 aromatic carbocycles. The Hall–Kier alpha value is -4.65. The molecule has 0 saturated heterocycles. The van der Waals surface area contributed by atoms with E-state index >= 15 is 0 Å². The summed E-state index contributed by atoms with van der Waals surface area (Å²) < 4.78 is 25.0. The lowest BCUT2D eigenvalue weighted by atomic mass is 10.1. The molecule has 0 atom stereocenters. The first-order chi connectivity index (χ1) is 19.4. The van der Waals surface area contributed by atoms with Crippen molar-refractivity contribution in [3.8, 4) is 17.6 Å². The molecule has 1 amide bonds. The normalized spacial score (nSPS) is 10.9. The van der Waals surface area contributed by atoms with Crippen LogP contribution in [0.4, 0.5) is 21.5 Å². The maximum Gasteiger partial charge on any atom is 0.248 e. The number of pyridine rings is 1. The number of fused-ring (bicyclic) bond motifs is 1. The topological polar surface area (TPSA) is 108 Å². The lowest BCUT2D eigenvalue weighted by Crippen LogP contribution is -2.11. The van der Waals surface area contributed by atoms with Crippen LogP contribution >= 0.6 is 11.6 Å². The molecule has 4 aromatic rings. The second-order valence-corrected chi connectivity index (χ2v) is 9.00. The van der Waals surface area contributed by atoms with E-state index in [9.17, 15) is 14.4 Å². The summed E-state index contributed by atoms with van der Waals surface area (Å²) in [7, 11) is 1.79. The molecule has 204 valence electrons. The third kappa shape index (κ3) is 7.05. The van der Waals surface area contributed by atoms with Gasteiger partial charge in [0.15, 0.2) is 0 Å². The van der Waals surface area contributed by atoms with Crippen LogP contribution < -0.4 is 25.4 Å². The summed E-state index contributed by atoms with van der Waals surface area (Å²) in [6, 6.07) is 16.8. The van der Waals surface area contributed by atoms with E-state index in [-0.39, 0.29) is 18.3 Å². The molecular formula is C30H27ClFN5O3. The largest absolute Gasteiger partial charge is 0.492 e. The summed E-state index contributed by atoms with van der Waals surface area (Å²) in [4.78, 5) is 16.9. The minimum absolute atomic E-state index is 0.151. The number of rotatable bonds is 11. The van der Waals surface area contributed by atoms with Gasteiger partial charge in [0.1, 0.15) is 30.0 Å². The maximum absolute atomic E-state index is 13.5. The monoisotopic (exact) mass is 559 g/mol. The molecule has 40 heavy (non-hydrogen) atoms. The zero-order valence-corrected chi connectivity index (χ0v) is 22.7. The number of benzene rings is 3. The van der Waals surface area contributed by atoms with E-state index in [1.54, 1.807) is 55.6 Å². The van der Waals surface area contributed by atoms with Crippen molar-refractivity contribution in [2.75, 3.05) is 30.8 Å². The molecule has 0 fully saturated rings. The highest BCUT2D eigenvalue weighted by molar-refractivity contribution is 6.32. The first-order valence-corrected chi connectivity index (χ1v) is 12.8. The molecular weight excluding hydrogens is 533 g/mol. The molecule has 10 heteroatoms. The summed E-state index contributed by atoms with van der Waals surface area (Å²) in [5, 5.41) is 19.8. The Morgan fingerprint density at radius 2 is 2.00 bits per heavy atom. The van der Waals surface area contributed by atoms with E-state index in [2.05, 4.69) is 27.0 Å². The Bertz CT molecular complexity index is 1600. The number of hydrogen-bond acceptors (Lipinski definition) is 7. The van der Waals surface area contributed by atoms with Gasteiger partial charge in [-0.05, 0) is 55.9 Å². The van der Waals surface area contributed by atoms with Gasteiger partial charge >= 0.3 is 0 Å². The summed E-state index contributed by atoms with van der Waals surface area (Å²) in [6.07, 6.45) is 4.60. The molecule has 0 aliphatic heterocycles. The van der Waals surface area contributed by atoms with Crippen molar-refractivity contribution in [3.05, 3.63) is 94.9 Å². The second kappa shape index (κ2) is 13.4. The van der Waals surface area contributed by atoms with Crippen molar-refractivity contribution in [1.29, 1.82) is 5.26 Å². The SMILES string of the molecule is CCOc1cc2ncc(C#N)c(Nc3ccc(OCc4cccc(F)c4)c(Cl)c3)c2cc1NC(=O)/C=C/CNC. The Kier molecular flexibility index (Phi) is 9.52. The summed E-state index contributed by atoms with van der Waals surface area (Å²) in [6.45, 7) is 2.93. The smallest absolute Gasteiger partial charge is 0.248 e. The second-order valence-electron chi connectivity index (χ2n) is 8.60. The molecule has 3 N–H and O–H groups in total. The average Bonchev–Trinajstić information content (AvgIpc) is 2.93. The summed E-state index contributed by atoms with van der Waals surface area (Å²) >= 11 is 6.48. The fourth-order valence-electron chi connectivity index (χ4n) is 3.90. The molecule has 0 radical (unpaired) electrons. The molecule has 0 saturated carbocycles. The van der Waals surface area contributed by atoms with Gasteiger partial charge in [-0.25, -0.2) is 4.39 Å². The van der Waals surface area contributed by atoms with Crippen molar-refractivity contribution in [2.24, 2.45) is 0 Å². The van der Waals surface area contributed by atoms with Gasteiger partial charge in [-0.3, -0.25) is 9.78 Å². The van der Waals surface area contributed by atoms with Crippen LogP contribution in [-0.4, -0.2) is 31.1 Å². The van der Waals surface area contributed by atoms with E-state index in [1.807, 2.05) is 6.92 Å². The van der Waals surface area contributed by atoms with Gasteiger partial charge in [0.25, 0.3) is 0 Å². The third-order valence-corrected chi connectivity index (χ3v) is 6.02. The summed E-state index contributed by atoms with van der Waals surface area (Å²) in [5.74, 6) is 0.215. The van der Waals surface area contributed by atoms with E-state index in [1.165, 1.54) is 24.4 Å². The number of carbonyl (C=O) groups is 1. The minimum Gasteiger partial charge on any atom is -0.492 e. The number of nitrogens with zero attached hydrogens (tertiary/aromatic N) is 2. The molecule has 0 aliphatic carbocycles. The Labute approximate surface area is 236 Å². The average molecular weight is 560 g/mol. The van der Waals surface area contributed by atoms with Crippen molar-refractivity contribution in [2.45, 2.75) is 13.5 Å². The Morgan fingerprint density at radius 3 is 2.73 bits per heavy atom. The number of carbonyl (C=O) groups excluding carboxylic acids is 1. The van der Waals surface area contributed by atoms with Crippen LogP contribution in [0.3, 0.4) is 0 Å². The highest BCUT2D eigenvalue weighted by Crippen LogP contribution is 2.37. The number of nitrogens with one attached hydrogen (secondary N) is 3. The van der Waals surface area contributed by atoms with Crippen molar-refractivity contribution in [1.82, 2.24) is 10.3 Å². The number of hydrogen-bond donors (Lipinski definition) is 3. The van der Waals surface area contributed by atoms with E-state index in [0.29, 0.717) is 68.8 Å². The van der Waals surface area contributed by atoms with Crippen LogP contribution in [0.1, 0.15) is 18.1 Å². The van der Waals surface area contributed by atoms with Crippen LogP contribution in [0.15, 0.2) is 72.9 Å². The molecule has 0 aliphatic rings. The fraction of sp³-hybridized carbons (Fsp3) is 0.167. The molecule has 0 spiro atoms. The van der Waals surface area contributed by atoms with Gasteiger partial charge in [-0.1, -0.05) is 29.8 Å². The van der Waals surface area contributed by atoms with Crippen LogP contribution in [0, 0.1) is 17.1 Å². The van der Waals surface area contributed by atoms with Crippen molar-refractivity contribution >= 4 is 45.5 Å². The van der Waals surface area contributed by atoms with E-state index in [0.717, 1.165) is 0 Å². The number of ether oxygens (including phenoxy) is 2. The third-order valence-electron chi connectivity index (χ3n) is 5.72. The maximum atomic E-state index is 13.5. The Balaban J connectivity index is 1.64. The highest BCUT2D eigenvalue weighted by atomic mass is 35.5. The number of aromatic nitrogens is 1. The number of amides is 1. The standard InChI is InChI=1S/C30H27ClFN5O3/c1-3-39-28-15-25-23(14-26(28)37-29(38)8-5-11-34-2)30(20(16-33)17-35-25)36-22-9-10-27(24(31)13-22)40-18-19-6-4-7-21(32)12-19/h4-10,12-15,17,34H,3,11,18H2,1-2H3,(H,35,36)(H,37,38)/b8-5+. The van der Waals surface area contributed by atoms with Gasteiger partial charge in [-0.2, -0.15) is 5.26 Å². The molecule has 0 unspecified atom stereocenters. The lowest BCUT2D eigenvalue weighted by Gasteiger charge is -2.16. The molecule has 0 bridgehead atoms. The van der Waals surface area contributed by atoms with Crippen LogP contribution in [-0.2, 0) is 11.4 Å². The number of anilines is 3. The summed E-state index contributed by atoms with van der Waals surface area (Å²) in [5.41, 5.74) is 3.06. The van der Waals surface area contributed by atoms with Crippen molar-refractivity contribution < 1.29 is 18.7 Å². The van der Waals surface area contributed by atoms with Crippen molar-refractivity contribution in [3.63, 3.8) is 0 Å². The molecule has 1 heterocycles. The van der Waals surface area contributed by atoms with Gasteiger partial charge in [0.2, 0.25) is 5.91 Å². The number of halogens is 2.